The topological polar surface area (TPSA) is 107 Å². The summed E-state index contributed by atoms with van der Waals surface area (Å²) in [4.78, 5) is 27.1. The molecule has 1 atom stereocenters. The lowest BCUT2D eigenvalue weighted by Gasteiger charge is -2.41. The average Bonchev–Trinajstić information content (AvgIpc) is 3.32. The average molecular weight is 433 g/mol. The van der Waals surface area contributed by atoms with Gasteiger partial charge in [-0.3, -0.25) is 9.59 Å². The summed E-state index contributed by atoms with van der Waals surface area (Å²) < 4.78 is 1.53. The van der Waals surface area contributed by atoms with Gasteiger partial charge in [-0.15, -0.1) is 5.10 Å². The molecule has 166 valence electrons. The van der Waals surface area contributed by atoms with E-state index in [9.17, 15) is 9.59 Å². The van der Waals surface area contributed by atoms with Gasteiger partial charge in [0.2, 0.25) is 11.8 Å². The standard InChI is InChI=1S/C24H28N6O2/c1-18-3-7-20(8-4-18)21-9-5-19(6-10-21)15-24(23(25)32)12-2-13-29(16-24)22(31)11-14-30-17-26-27-28-30/h3-10,17H,2,11-16H2,1H3,(H2,25,32)/t24-/m1/s1. The Bertz CT molecular complexity index is 1060. The van der Waals surface area contributed by atoms with Crippen molar-refractivity contribution in [3.63, 3.8) is 0 Å². The Morgan fingerprint density at radius 2 is 1.75 bits per heavy atom. The van der Waals surface area contributed by atoms with Crippen molar-refractivity contribution in [3.05, 3.63) is 66.0 Å². The van der Waals surface area contributed by atoms with Crippen LogP contribution < -0.4 is 5.73 Å². The normalized spacial score (nSPS) is 18.5. The van der Waals surface area contributed by atoms with Crippen LogP contribution in [0, 0.1) is 12.3 Å². The highest BCUT2D eigenvalue weighted by Gasteiger charge is 2.42. The molecular weight excluding hydrogens is 404 g/mol. The van der Waals surface area contributed by atoms with E-state index in [1.807, 2.05) is 0 Å². The zero-order chi connectivity index (χ0) is 22.6. The molecule has 2 amide bonds. The lowest BCUT2D eigenvalue weighted by atomic mass is 9.74. The first kappa shape index (κ1) is 21.7. The summed E-state index contributed by atoms with van der Waals surface area (Å²) in [6.45, 7) is 3.46. The van der Waals surface area contributed by atoms with Gasteiger partial charge in [0.25, 0.3) is 0 Å². The Kier molecular flexibility index (Phi) is 6.30. The van der Waals surface area contributed by atoms with Crippen molar-refractivity contribution in [2.24, 2.45) is 11.1 Å². The number of likely N-dealkylation sites (tertiary alicyclic amines) is 1. The van der Waals surface area contributed by atoms with Crippen LogP contribution in [0.1, 0.15) is 30.4 Å². The molecule has 0 saturated carbocycles. The Balaban J connectivity index is 1.45. The van der Waals surface area contributed by atoms with Crippen molar-refractivity contribution in [2.75, 3.05) is 13.1 Å². The molecule has 8 heteroatoms. The lowest BCUT2D eigenvalue weighted by molar-refractivity contribution is -0.140. The zero-order valence-corrected chi connectivity index (χ0v) is 18.3. The molecule has 0 unspecified atom stereocenters. The molecule has 1 aliphatic rings. The highest BCUT2D eigenvalue weighted by Crippen LogP contribution is 2.34. The summed E-state index contributed by atoms with van der Waals surface area (Å²) in [7, 11) is 0. The third-order valence-corrected chi connectivity index (χ3v) is 6.28. The summed E-state index contributed by atoms with van der Waals surface area (Å²) in [5.41, 5.74) is 9.69. The summed E-state index contributed by atoms with van der Waals surface area (Å²) in [6, 6.07) is 16.7. The Hall–Kier alpha value is -3.55. The second kappa shape index (κ2) is 9.30. The van der Waals surface area contributed by atoms with Crippen molar-refractivity contribution >= 4 is 11.8 Å². The van der Waals surface area contributed by atoms with Crippen molar-refractivity contribution in [3.8, 4) is 11.1 Å². The molecule has 3 aromatic rings. The fraction of sp³-hybridized carbons (Fsp3) is 0.375. The van der Waals surface area contributed by atoms with Crippen molar-refractivity contribution in [2.45, 2.75) is 39.2 Å². The minimum atomic E-state index is -0.756. The molecule has 0 radical (unpaired) electrons. The monoisotopic (exact) mass is 432 g/mol. The number of primary amides is 1. The van der Waals surface area contributed by atoms with E-state index >= 15 is 0 Å². The number of benzene rings is 2. The van der Waals surface area contributed by atoms with Gasteiger partial charge in [0, 0.05) is 19.5 Å². The van der Waals surface area contributed by atoms with Gasteiger partial charge in [-0.25, -0.2) is 4.68 Å². The molecule has 1 fully saturated rings. The van der Waals surface area contributed by atoms with Gasteiger partial charge >= 0.3 is 0 Å². The van der Waals surface area contributed by atoms with Gasteiger partial charge in [-0.2, -0.15) is 0 Å². The van der Waals surface area contributed by atoms with Crippen LogP contribution in [0.25, 0.3) is 11.1 Å². The molecule has 2 aromatic carbocycles. The molecule has 4 rings (SSSR count). The van der Waals surface area contributed by atoms with E-state index in [0.29, 0.717) is 32.5 Å². The number of nitrogens with zero attached hydrogens (tertiary/aromatic N) is 5. The highest BCUT2D eigenvalue weighted by molar-refractivity contribution is 5.83. The van der Waals surface area contributed by atoms with Crippen LogP contribution in [-0.2, 0) is 22.6 Å². The molecule has 0 bridgehead atoms. The number of piperidine rings is 1. The molecule has 1 aromatic heterocycles. The number of aromatic nitrogens is 4. The number of amides is 2. The second-order valence-electron chi connectivity index (χ2n) is 8.63. The summed E-state index contributed by atoms with van der Waals surface area (Å²) in [6.07, 6.45) is 3.72. The molecule has 2 N–H and O–H groups in total. The van der Waals surface area contributed by atoms with Gasteiger partial charge in [-0.05, 0) is 53.3 Å². The lowest BCUT2D eigenvalue weighted by Crippen LogP contribution is -2.53. The molecule has 0 spiro atoms. The van der Waals surface area contributed by atoms with Crippen LogP contribution in [0.3, 0.4) is 0 Å². The maximum Gasteiger partial charge on any atom is 0.225 e. The van der Waals surface area contributed by atoms with Gasteiger partial charge in [0.15, 0.2) is 0 Å². The summed E-state index contributed by atoms with van der Waals surface area (Å²) >= 11 is 0. The first-order valence-electron chi connectivity index (χ1n) is 10.9. The number of hydrogen-bond acceptors (Lipinski definition) is 5. The molecule has 0 aliphatic carbocycles. The molecule has 8 nitrogen and oxygen atoms in total. The molecule has 1 saturated heterocycles. The number of rotatable bonds is 7. The third-order valence-electron chi connectivity index (χ3n) is 6.28. The number of nitrogens with two attached hydrogens (primary N) is 1. The minimum Gasteiger partial charge on any atom is -0.369 e. The Morgan fingerprint density at radius 1 is 1.06 bits per heavy atom. The molecule has 32 heavy (non-hydrogen) atoms. The SMILES string of the molecule is Cc1ccc(-c2ccc(C[C@]3(C(N)=O)CCCN(C(=O)CCn4cnnn4)C3)cc2)cc1. The second-order valence-corrected chi connectivity index (χ2v) is 8.63. The smallest absolute Gasteiger partial charge is 0.225 e. The van der Waals surface area contributed by atoms with E-state index in [4.69, 9.17) is 5.73 Å². The summed E-state index contributed by atoms with van der Waals surface area (Å²) in [5, 5.41) is 11.0. The minimum absolute atomic E-state index is 0.0134. The fourth-order valence-electron chi connectivity index (χ4n) is 4.38. The van der Waals surface area contributed by atoms with Crippen LogP contribution >= 0.6 is 0 Å². The molecular formula is C24H28N6O2. The van der Waals surface area contributed by atoms with Gasteiger partial charge in [0.05, 0.1) is 12.0 Å². The van der Waals surface area contributed by atoms with Crippen LogP contribution in [0.15, 0.2) is 54.9 Å². The fourth-order valence-corrected chi connectivity index (χ4v) is 4.38. The molecule has 2 heterocycles. The Morgan fingerprint density at radius 3 is 2.38 bits per heavy atom. The van der Waals surface area contributed by atoms with Crippen molar-refractivity contribution in [1.29, 1.82) is 0 Å². The first-order valence-corrected chi connectivity index (χ1v) is 10.9. The van der Waals surface area contributed by atoms with Crippen molar-refractivity contribution in [1.82, 2.24) is 25.1 Å². The van der Waals surface area contributed by atoms with E-state index in [1.54, 1.807) is 4.90 Å². The van der Waals surface area contributed by atoms with E-state index in [0.717, 1.165) is 23.1 Å². The number of hydrogen-bond donors (Lipinski definition) is 1. The predicted octanol–water partition coefficient (Wildman–Crippen LogP) is 2.38. The largest absolute Gasteiger partial charge is 0.369 e. The summed E-state index contributed by atoms with van der Waals surface area (Å²) in [5.74, 6) is -0.362. The third kappa shape index (κ3) is 4.85. The zero-order valence-electron chi connectivity index (χ0n) is 18.3. The van der Waals surface area contributed by atoms with E-state index in [-0.39, 0.29) is 18.2 Å². The van der Waals surface area contributed by atoms with Crippen LogP contribution in [-0.4, -0.2) is 50.0 Å². The highest BCUT2D eigenvalue weighted by atomic mass is 16.2. The van der Waals surface area contributed by atoms with E-state index in [2.05, 4.69) is 71.0 Å². The van der Waals surface area contributed by atoms with Gasteiger partial charge in [-0.1, -0.05) is 54.1 Å². The number of tetrazole rings is 1. The molecule has 1 aliphatic heterocycles. The first-order chi connectivity index (χ1) is 15.4. The Labute approximate surface area is 187 Å². The number of carbonyl (C=O) groups excluding carboxylic acids is 2. The maximum atomic E-state index is 12.8. The maximum absolute atomic E-state index is 12.8. The number of carbonyl (C=O) groups is 2. The number of aryl methyl sites for hydroxylation is 2. The van der Waals surface area contributed by atoms with Gasteiger partial charge < -0.3 is 10.6 Å². The quantitative estimate of drug-likeness (QED) is 0.617. The van der Waals surface area contributed by atoms with E-state index < -0.39 is 5.41 Å². The van der Waals surface area contributed by atoms with Crippen LogP contribution in [0.5, 0.6) is 0 Å². The predicted molar refractivity (Wildman–Crippen MR) is 120 cm³/mol. The van der Waals surface area contributed by atoms with Crippen LogP contribution in [0.4, 0.5) is 0 Å². The van der Waals surface area contributed by atoms with E-state index in [1.165, 1.54) is 16.6 Å². The van der Waals surface area contributed by atoms with Crippen molar-refractivity contribution < 1.29 is 9.59 Å². The van der Waals surface area contributed by atoms with Gasteiger partial charge in [0.1, 0.15) is 6.33 Å². The van der Waals surface area contributed by atoms with Crippen LogP contribution in [0.2, 0.25) is 0 Å².